The van der Waals surface area contributed by atoms with Crippen LogP contribution in [0, 0.1) is 0 Å². The lowest BCUT2D eigenvalue weighted by molar-refractivity contribution is -0.143. The molecule has 4 rings (SSSR count). The van der Waals surface area contributed by atoms with Crippen LogP contribution in [0.1, 0.15) is 27.0 Å². The number of hydrogen-bond donors (Lipinski definition) is 0. The standard InChI is InChI=1S/C28H26ClF3N2O3.ClH/c29-24-9-7-21(8-10-24)27(36)22-4-1-3-20(17-22)18-26(35)37-16-15-33-11-13-34(14-12-33)25-6-2-5-23(19-25)28(30,31)32;/h1-10,17,19H,11-16,18H2;1H. The van der Waals surface area contributed by atoms with Crippen molar-refractivity contribution < 1.29 is 27.5 Å². The Bertz CT molecular complexity index is 1240. The van der Waals surface area contributed by atoms with E-state index in [-0.39, 0.29) is 31.2 Å². The Hall–Kier alpha value is -3.07. The average Bonchev–Trinajstić information content (AvgIpc) is 2.89. The van der Waals surface area contributed by atoms with Crippen molar-refractivity contribution in [2.75, 3.05) is 44.2 Å². The van der Waals surface area contributed by atoms with Crippen molar-refractivity contribution in [1.29, 1.82) is 0 Å². The molecule has 0 radical (unpaired) electrons. The summed E-state index contributed by atoms with van der Waals surface area (Å²) in [6, 6.07) is 18.9. The molecule has 0 amide bonds. The topological polar surface area (TPSA) is 49.9 Å². The highest BCUT2D eigenvalue weighted by molar-refractivity contribution is 6.30. The zero-order valence-corrected chi connectivity index (χ0v) is 22.0. The number of ketones is 1. The van der Waals surface area contributed by atoms with E-state index in [2.05, 4.69) is 4.90 Å². The number of ether oxygens (including phenoxy) is 1. The Balaban J connectivity index is 0.00000400. The molecule has 0 N–H and O–H groups in total. The molecule has 0 saturated carbocycles. The quantitative estimate of drug-likeness (QED) is 0.250. The molecule has 1 heterocycles. The molecule has 0 aromatic heterocycles. The van der Waals surface area contributed by atoms with E-state index >= 15 is 0 Å². The molecule has 5 nitrogen and oxygen atoms in total. The molecule has 0 bridgehead atoms. The maximum atomic E-state index is 13.0. The molecular weight excluding hydrogens is 540 g/mol. The van der Waals surface area contributed by atoms with E-state index in [0.717, 1.165) is 6.07 Å². The van der Waals surface area contributed by atoms with Gasteiger partial charge in [-0.25, -0.2) is 0 Å². The summed E-state index contributed by atoms with van der Waals surface area (Å²) in [5.41, 5.74) is 1.57. The monoisotopic (exact) mass is 566 g/mol. The zero-order chi connectivity index (χ0) is 26.4. The summed E-state index contributed by atoms with van der Waals surface area (Å²) in [6.45, 7) is 3.24. The first-order valence-electron chi connectivity index (χ1n) is 11.9. The highest BCUT2D eigenvalue weighted by Crippen LogP contribution is 2.31. The van der Waals surface area contributed by atoms with Crippen LogP contribution in [0.5, 0.6) is 0 Å². The SMILES string of the molecule is Cl.O=C(Cc1cccc(C(=O)c2ccc(Cl)cc2)c1)OCCN1CCN(c2cccc(C(F)(F)F)c2)CC1. The van der Waals surface area contributed by atoms with Crippen LogP contribution in [-0.2, 0) is 22.1 Å². The van der Waals surface area contributed by atoms with E-state index in [4.69, 9.17) is 16.3 Å². The molecular formula is C28H27Cl2F3N2O3. The number of nitrogens with zero attached hydrogens (tertiary/aromatic N) is 2. The number of carbonyl (C=O) groups is 2. The molecule has 1 saturated heterocycles. The van der Waals surface area contributed by atoms with Crippen LogP contribution in [0.3, 0.4) is 0 Å². The lowest BCUT2D eigenvalue weighted by Gasteiger charge is -2.36. The number of carbonyl (C=O) groups excluding carboxylic acids is 2. The van der Waals surface area contributed by atoms with Crippen molar-refractivity contribution in [2.24, 2.45) is 0 Å². The van der Waals surface area contributed by atoms with Gasteiger partial charge in [0.2, 0.25) is 0 Å². The van der Waals surface area contributed by atoms with Gasteiger partial charge in [0, 0.05) is 54.6 Å². The Labute approximate surface area is 230 Å². The summed E-state index contributed by atoms with van der Waals surface area (Å²) in [5, 5.41) is 0.547. The fourth-order valence-corrected chi connectivity index (χ4v) is 4.33. The molecule has 202 valence electrons. The van der Waals surface area contributed by atoms with Crippen molar-refractivity contribution in [3.05, 3.63) is 100 Å². The minimum atomic E-state index is -4.37. The first kappa shape index (κ1) is 29.5. The number of alkyl halides is 3. The highest BCUT2D eigenvalue weighted by Gasteiger charge is 2.31. The van der Waals surface area contributed by atoms with Gasteiger partial charge in [-0.15, -0.1) is 12.4 Å². The summed E-state index contributed by atoms with van der Waals surface area (Å²) in [5.74, 6) is -0.546. The van der Waals surface area contributed by atoms with Gasteiger partial charge in [-0.2, -0.15) is 13.2 Å². The van der Waals surface area contributed by atoms with Crippen LogP contribution >= 0.6 is 24.0 Å². The van der Waals surface area contributed by atoms with Crippen molar-refractivity contribution in [3.8, 4) is 0 Å². The summed E-state index contributed by atoms with van der Waals surface area (Å²) in [4.78, 5) is 29.1. The molecule has 10 heteroatoms. The molecule has 3 aromatic carbocycles. The van der Waals surface area contributed by atoms with Gasteiger partial charge >= 0.3 is 12.1 Å². The van der Waals surface area contributed by atoms with E-state index < -0.39 is 17.7 Å². The van der Waals surface area contributed by atoms with Crippen molar-refractivity contribution >= 4 is 41.4 Å². The number of benzene rings is 3. The predicted molar refractivity (Wildman–Crippen MR) is 143 cm³/mol. The fraction of sp³-hybridized carbons (Fsp3) is 0.286. The molecule has 1 fully saturated rings. The number of piperazine rings is 1. The third kappa shape index (κ3) is 7.96. The second-order valence-electron chi connectivity index (χ2n) is 8.81. The van der Waals surface area contributed by atoms with Gasteiger partial charge in [0.15, 0.2) is 5.78 Å². The predicted octanol–water partition coefficient (Wildman–Crippen LogP) is 5.92. The Morgan fingerprint density at radius 2 is 1.55 bits per heavy atom. The number of hydrogen-bond acceptors (Lipinski definition) is 5. The fourth-order valence-electron chi connectivity index (χ4n) is 4.21. The van der Waals surface area contributed by atoms with Gasteiger partial charge in [-0.05, 0) is 54.1 Å². The number of rotatable bonds is 8. The zero-order valence-electron chi connectivity index (χ0n) is 20.4. The third-order valence-corrected chi connectivity index (χ3v) is 6.48. The van der Waals surface area contributed by atoms with Gasteiger partial charge in [-0.1, -0.05) is 35.9 Å². The van der Waals surface area contributed by atoms with Crippen molar-refractivity contribution in [3.63, 3.8) is 0 Å². The normalized spacial score (nSPS) is 14.1. The van der Waals surface area contributed by atoms with Crippen molar-refractivity contribution in [1.82, 2.24) is 4.90 Å². The largest absolute Gasteiger partial charge is 0.464 e. The average molecular weight is 567 g/mol. The van der Waals surface area contributed by atoms with E-state index in [1.165, 1.54) is 12.1 Å². The molecule has 0 aliphatic carbocycles. The van der Waals surface area contributed by atoms with Gasteiger partial charge < -0.3 is 9.64 Å². The van der Waals surface area contributed by atoms with Crippen LogP contribution in [0.2, 0.25) is 5.02 Å². The maximum Gasteiger partial charge on any atom is 0.416 e. The second kappa shape index (κ2) is 13.1. The van der Waals surface area contributed by atoms with E-state index in [1.807, 2.05) is 4.90 Å². The Kier molecular flexibility index (Phi) is 10.2. The van der Waals surface area contributed by atoms with Gasteiger partial charge in [0.05, 0.1) is 12.0 Å². The minimum Gasteiger partial charge on any atom is -0.464 e. The summed E-state index contributed by atoms with van der Waals surface area (Å²) in [7, 11) is 0. The van der Waals surface area contributed by atoms with Gasteiger partial charge in [0.1, 0.15) is 6.61 Å². The van der Waals surface area contributed by atoms with Crippen molar-refractivity contribution in [2.45, 2.75) is 12.6 Å². The van der Waals surface area contributed by atoms with E-state index in [0.29, 0.717) is 60.1 Å². The number of anilines is 1. The first-order valence-corrected chi connectivity index (χ1v) is 12.3. The van der Waals surface area contributed by atoms with Gasteiger partial charge in [0.25, 0.3) is 0 Å². The van der Waals surface area contributed by atoms with E-state index in [1.54, 1.807) is 54.6 Å². The molecule has 38 heavy (non-hydrogen) atoms. The molecule has 0 atom stereocenters. The smallest absolute Gasteiger partial charge is 0.416 e. The highest BCUT2D eigenvalue weighted by atomic mass is 35.5. The lowest BCUT2D eigenvalue weighted by atomic mass is 10.0. The summed E-state index contributed by atoms with van der Waals surface area (Å²) < 4.78 is 44.4. The molecule has 1 aliphatic heterocycles. The first-order chi connectivity index (χ1) is 17.7. The van der Waals surface area contributed by atoms with Crippen LogP contribution < -0.4 is 4.90 Å². The van der Waals surface area contributed by atoms with Crippen LogP contribution in [0.15, 0.2) is 72.8 Å². The Morgan fingerprint density at radius 1 is 0.868 bits per heavy atom. The molecule has 1 aliphatic rings. The lowest BCUT2D eigenvalue weighted by Crippen LogP contribution is -2.47. The number of esters is 1. The van der Waals surface area contributed by atoms with E-state index in [9.17, 15) is 22.8 Å². The maximum absolute atomic E-state index is 13.0. The molecule has 3 aromatic rings. The summed E-state index contributed by atoms with van der Waals surface area (Å²) >= 11 is 5.88. The van der Waals surface area contributed by atoms with Gasteiger partial charge in [-0.3, -0.25) is 14.5 Å². The van der Waals surface area contributed by atoms with Crippen LogP contribution in [0.25, 0.3) is 0 Å². The molecule has 0 spiro atoms. The van der Waals surface area contributed by atoms with Crippen LogP contribution in [-0.4, -0.2) is 56.0 Å². The third-order valence-electron chi connectivity index (χ3n) is 6.23. The molecule has 0 unspecified atom stereocenters. The minimum absolute atomic E-state index is 0. The summed E-state index contributed by atoms with van der Waals surface area (Å²) in [6.07, 6.45) is -4.32. The second-order valence-corrected chi connectivity index (χ2v) is 9.25. The number of halogens is 5. The van der Waals surface area contributed by atoms with Crippen LogP contribution in [0.4, 0.5) is 18.9 Å². The Morgan fingerprint density at radius 3 is 2.24 bits per heavy atom.